The summed E-state index contributed by atoms with van der Waals surface area (Å²) in [5.41, 5.74) is 1.93. The monoisotopic (exact) mass is 416 g/mol. The number of carbonyl (C=O) groups is 1. The molecule has 0 saturated heterocycles. The number of halogens is 1. The van der Waals surface area contributed by atoms with Crippen molar-refractivity contribution in [2.75, 3.05) is 26.0 Å². The predicted octanol–water partition coefficient (Wildman–Crippen LogP) is 3.86. The zero-order valence-corrected chi connectivity index (χ0v) is 17.3. The van der Waals surface area contributed by atoms with E-state index >= 15 is 0 Å². The van der Waals surface area contributed by atoms with Crippen LogP contribution in [0.25, 0.3) is 5.69 Å². The second kappa shape index (κ2) is 9.61. The molecule has 1 amide bonds. The van der Waals surface area contributed by atoms with Crippen molar-refractivity contribution >= 4 is 29.3 Å². The fourth-order valence-corrected chi connectivity index (χ4v) is 3.55. The molecule has 0 aliphatic rings. The number of rotatable bonds is 8. The van der Waals surface area contributed by atoms with Gasteiger partial charge in [0.15, 0.2) is 5.16 Å². The van der Waals surface area contributed by atoms with E-state index in [2.05, 4.69) is 10.2 Å². The van der Waals surface area contributed by atoms with E-state index in [9.17, 15) is 4.79 Å². The molecule has 0 atom stereocenters. The Labute approximate surface area is 173 Å². The first kappa shape index (κ1) is 20.2. The summed E-state index contributed by atoms with van der Waals surface area (Å²) in [6.07, 6.45) is 1.61. The van der Waals surface area contributed by atoms with Gasteiger partial charge in [0, 0.05) is 12.1 Å². The van der Waals surface area contributed by atoms with Crippen molar-refractivity contribution in [3.63, 3.8) is 0 Å². The summed E-state index contributed by atoms with van der Waals surface area (Å²) in [4.78, 5) is 14.1. The Kier molecular flexibility index (Phi) is 6.95. The van der Waals surface area contributed by atoms with Crippen LogP contribution in [0.5, 0.6) is 5.75 Å². The lowest BCUT2D eigenvalue weighted by molar-refractivity contribution is -0.127. The van der Waals surface area contributed by atoms with Gasteiger partial charge in [0.25, 0.3) is 0 Å². The number of hydrogen-bond donors (Lipinski definition) is 0. The highest BCUT2D eigenvalue weighted by Crippen LogP contribution is 2.22. The number of aryl methyl sites for hydroxylation is 1. The molecule has 0 aliphatic heterocycles. The highest BCUT2D eigenvalue weighted by atomic mass is 35.5. The molecule has 1 aromatic heterocycles. The van der Waals surface area contributed by atoms with Crippen LogP contribution in [0.1, 0.15) is 5.56 Å². The van der Waals surface area contributed by atoms with Crippen LogP contribution in [0.15, 0.2) is 60.0 Å². The SMILES string of the molecule is Cc1ccccc1OCCN(C)C(=O)CSc1nncn1-c1cccc(Cl)c1. The minimum Gasteiger partial charge on any atom is -0.491 e. The van der Waals surface area contributed by atoms with Gasteiger partial charge in [-0.1, -0.05) is 47.6 Å². The minimum absolute atomic E-state index is 0.000900. The van der Waals surface area contributed by atoms with Crippen molar-refractivity contribution in [1.82, 2.24) is 19.7 Å². The van der Waals surface area contributed by atoms with Gasteiger partial charge in [-0.15, -0.1) is 10.2 Å². The Morgan fingerprint density at radius 3 is 2.86 bits per heavy atom. The molecule has 1 heterocycles. The van der Waals surface area contributed by atoms with E-state index in [1.807, 2.05) is 54.0 Å². The van der Waals surface area contributed by atoms with Crippen molar-refractivity contribution in [3.05, 3.63) is 65.4 Å². The molecule has 3 rings (SSSR count). The van der Waals surface area contributed by atoms with Crippen molar-refractivity contribution in [3.8, 4) is 11.4 Å². The van der Waals surface area contributed by atoms with Gasteiger partial charge in [0.05, 0.1) is 18.0 Å². The quantitative estimate of drug-likeness (QED) is 0.522. The normalized spacial score (nSPS) is 10.7. The maximum absolute atomic E-state index is 12.4. The van der Waals surface area contributed by atoms with Crippen LogP contribution in [0.4, 0.5) is 0 Å². The van der Waals surface area contributed by atoms with Crippen LogP contribution >= 0.6 is 23.4 Å². The lowest BCUT2D eigenvalue weighted by atomic mass is 10.2. The van der Waals surface area contributed by atoms with E-state index in [1.54, 1.807) is 24.3 Å². The summed E-state index contributed by atoms with van der Waals surface area (Å²) in [5, 5.41) is 9.32. The largest absolute Gasteiger partial charge is 0.491 e. The van der Waals surface area contributed by atoms with Crippen LogP contribution in [0.2, 0.25) is 5.02 Å². The Balaban J connectivity index is 1.50. The van der Waals surface area contributed by atoms with Crippen LogP contribution in [0, 0.1) is 6.92 Å². The molecule has 0 N–H and O–H groups in total. The molecule has 0 saturated carbocycles. The van der Waals surface area contributed by atoms with Gasteiger partial charge < -0.3 is 9.64 Å². The maximum atomic E-state index is 12.4. The molecule has 6 nitrogen and oxygen atoms in total. The fraction of sp³-hybridized carbons (Fsp3) is 0.250. The molecule has 0 spiro atoms. The Morgan fingerprint density at radius 1 is 1.25 bits per heavy atom. The van der Waals surface area contributed by atoms with Gasteiger partial charge in [-0.25, -0.2) is 0 Å². The van der Waals surface area contributed by atoms with Gasteiger partial charge in [-0.3, -0.25) is 9.36 Å². The molecule has 0 radical (unpaired) electrons. The van der Waals surface area contributed by atoms with E-state index < -0.39 is 0 Å². The lowest BCUT2D eigenvalue weighted by Gasteiger charge is -2.18. The Morgan fingerprint density at radius 2 is 2.07 bits per heavy atom. The van der Waals surface area contributed by atoms with Crippen molar-refractivity contribution < 1.29 is 9.53 Å². The van der Waals surface area contributed by atoms with E-state index in [1.165, 1.54) is 11.8 Å². The molecule has 28 heavy (non-hydrogen) atoms. The first-order chi connectivity index (χ1) is 13.5. The number of para-hydroxylation sites is 1. The third kappa shape index (κ3) is 5.27. The smallest absolute Gasteiger partial charge is 0.232 e. The number of aromatic nitrogens is 3. The number of ether oxygens (including phenoxy) is 1. The number of benzene rings is 2. The Hall–Kier alpha value is -2.51. The molecular formula is C20H21ClN4O2S. The maximum Gasteiger partial charge on any atom is 0.232 e. The number of carbonyl (C=O) groups excluding carboxylic acids is 1. The van der Waals surface area contributed by atoms with Crippen LogP contribution in [-0.4, -0.2) is 51.5 Å². The topological polar surface area (TPSA) is 60.2 Å². The molecular weight excluding hydrogens is 396 g/mol. The summed E-state index contributed by atoms with van der Waals surface area (Å²) in [6, 6.07) is 15.2. The zero-order chi connectivity index (χ0) is 19.9. The van der Waals surface area contributed by atoms with Crippen LogP contribution in [-0.2, 0) is 4.79 Å². The standard InChI is InChI=1S/C20H21ClN4O2S/c1-15-6-3-4-9-18(15)27-11-10-24(2)19(26)13-28-20-23-22-14-25(20)17-8-5-7-16(21)12-17/h3-9,12,14H,10-11,13H2,1-2H3. The van der Waals surface area contributed by atoms with E-state index in [-0.39, 0.29) is 11.7 Å². The molecule has 0 bridgehead atoms. The predicted molar refractivity (Wildman–Crippen MR) is 111 cm³/mol. The fourth-order valence-electron chi connectivity index (χ4n) is 2.50. The molecule has 2 aromatic carbocycles. The highest BCUT2D eigenvalue weighted by molar-refractivity contribution is 7.99. The zero-order valence-electron chi connectivity index (χ0n) is 15.7. The summed E-state index contributed by atoms with van der Waals surface area (Å²) in [7, 11) is 1.77. The summed E-state index contributed by atoms with van der Waals surface area (Å²) < 4.78 is 7.57. The van der Waals surface area contributed by atoms with Crippen molar-refractivity contribution in [2.45, 2.75) is 12.1 Å². The molecule has 0 aliphatic carbocycles. The second-order valence-electron chi connectivity index (χ2n) is 6.18. The minimum atomic E-state index is -0.000900. The van der Waals surface area contributed by atoms with Crippen molar-refractivity contribution in [1.29, 1.82) is 0 Å². The van der Waals surface area contributed by atoms with E-state index in [4.69, 9.17) is 16.3 Å². The molecule has 0 fully saturated rings. The number of amides is 1. The van der Waals surface area contributed by atoms with Crippen molar-refractivity contribution in [2.24, 2.45) is 0 Å². The van der Waals surface area contributed by atoms with Crippen LogP contribution in [0.3, 0.4) is 0 Å². The molecule has 3 aromatic rings. The van der Waals surface area contributed by atoms with Gasteiger partial charge in [-0.2, -0.15) is 0 Å². The number of likely N-dealkylation sites (N-methyl/N-ethyl adjacent to an activating group) is 1. The van der Waals surface area contributed by atoms with E-state index in [0.717, 1.165) is 17.0 Å². The number of thioether (sulfide) groups is 1. The third-order valence-electron chi connectivity index (χ3n) is 4.13. The van der Waals surface area contributed by atoms with E-state index in [0.29, 0.717) is 23.3 Å². The average Bonchev–Trinajstić information content (AvgIpc) is 3.16. The molecule has 0 unspecified atom stereocenters. The summed E-state index contributed by atoms with van der Waals surface area (Å²) >= 11 is 7.39. The van der Waals surface area contributed by atoms with Gasteiger partial charge in [-0.05, 0) is 36.8 Å². The second-order valence-corrected chi connectivity index (χ2v) is 7.56. The van der Waals surface area contributed by atoms with Gasteiger partial charge >= 0.3 is 0 Å². The molecule has 146 valence electrons. The van der Waals surface area contributed by atoms with Gasteiger partial charge in [0.2, 0.25) is 5.91 Å². The first-order valence-electron chi connectivity index (χ1n) is 8.76. The number of hydrogen-bond acceptors (Lipinski definition) is 5. The lowest BCUT2D eigenvalue weighted by Crippen LogP contribution is -2.32. The first-order valence-corrected chi connectivity index (χ1v) is 10.1. The summed E-state index contributed by atoms with van der Waals surface area (Å²) in [6.45, 7) is 2.95. The highest BCUT2D eigenvalue weighted by Gasteiger charge is 2.13. The third-order valence-corrected chi connectivity index (χ3v) is 5.29. The average molecular weight is 417 g/mol. The Bertz CT molecular complexity index is 947. The number of nitrogens with zero attached hydrogens (tertiary/aromatic N) is 4. The van der Waals surface area contributed by atoms with Crippen LogP contribution < -0.4 is 4.74 Å². The van der Waals surface area contributed by atoms with Gasteiger partial charge in [0.1, 0.15) is 18.7 Å². The summed E-state index contributed by atoms with van der Waals surface area (Å²) in [5.74, 6) is 1.10. The molecule has 8 heteroatoms.